The summed E-state index contributed by atoms with van der Waals surface area (Å²) in [5, 5.41) is 1.84. The number of nitrogens with zero attached hydrogens (tertiary/aromatic N) is 2. The summed E-state index contributed by atoms with van der Waals surface area (Å²) in [6.45, 7) is 0.225. The second-order valence-corrected chi connectivity index (χ2v) is 6.29. The zero-order chi connectivity index (χ0) is 15.5. The zero-order valence-corrected chi connectivity index (χ0v) is 12.3. The first kappa shape index (κ1) is 16.3. The van der Waals surface area contributed by atoms with Crippen molar-refractivity contribution in [2.45, 2.75) is 25.1 Å². The molecule has 0 unspecified atom stereocenters. The van der Waals surface area contributed by atoms with Crippen LogP contribution in [0.3, 0.4) is 0 Å². The summed E-state index contributed by atoms with van der Waals surface area (Å²) in [5.74, 6) is 1.58. The number of urea groups is 1. The maximum atomic E-state index is 12.4. The number of carbonyl (C=O) groups excluding carboxylic acids is 2. The van der Waals surface area contributed by atoms with Gasteiger partial charge in [-0.15, -0.1) is 0 Å². The molecule has 120 valence electrons. The summed E-state index contributed by atoms with van der Waals surface area (Å²) in [7, 11) is 0. The van der Waals surface area contributed by atoms with E-state index in [0.717, 1.165) is 11.5 Å². The maximum absolute atomic E-state index is 12.4. The number of nitrogens with one attached hydrogen (secondary N) is 1. The average molecular weight is 325 g/mol. The van der Waals surface area contributed by atoms with Crippen molar-refractivity contribution in [3.63, 3.8) is 0 Å². The van der Waals surface area contributed by atoms with E-state index in [2.05, 4.69) is 0 Å². The van der Waals surface area contributed by atoms with Gasteiger partial charge in [-0.3, -0.25) is 4.79 Å². The number of rotatable bonds is 2. The quantitative estimate of drug-likeness (QED) is 0.833. The highest BCUT2D eigenvalue weighted by molar-refractivity contribution is 7.99. The molecule has 2 aliphatic heterocycles. The number of hydrogen-bond donors (Lipinski definition) is 1. The van der Waals surface area contributed by atoms with Gasteiger partial charge in [0.1, 0.15) is 12.6 Å². The Hall–Kier alpha value is -1.12. The minimum absolute atomic E-state index is 0.144. The molecule has 2 saturated heterocycles. The van der Waals surface area contributed by atoms with Gasteiger partial charge in [-0.1, -0.05) is 0 Å². The SMILES string of the molecule is O=C([C@@H]1CCCN1C(=O)NCC(F)(F)F)N1CCSCC1. The molecule has 21 heavy (non-hydrogen) atoms. The van der Waals surface area contributed by atoms with E-state index in [4.69, 9.17) is 0 Å². The Labute approximate surface area is 125 Å². The van der Waals surface area contributed by atoms with E-state index in [9.17, 15) is 22.8 Å². The number of hydrogen-bond acceptors (Lipinski definition) is 3. The molecular formula is C12H18F3N3O2S. The van der Waals surface area contributed by atoms with Gasteiger partial charge in [-0.25, -0.2) is 4.79 Å². The van der Waals surface area contributed by atoms with Crippen molar-refractivity contribution in [2.24, 2.45) is 0 Å². The average Bonchev–Trinajstić information content (AvgIpc) is 2.93. The molecule has 1 atom stereocenters. The van der Waals surface area contributed by atoms with Crippen LogP contribution in [0.15, 0.2) is 0 Å². The van der Waals surface area contributed by atoms with Gasteiger partial charge in [0, 0.05) is 31.1 Å². The highest BCUT2D eigenvalue weighted by Gasteiger charge is 2.38. The summed E-state index contributed by atoms with van der Waals surface area (Å²) in [4.78, 5) is 27.2. The number of amides is 3. The van der Waals surface area contributed by atoms with Gasteiger partial charge >= 0.3 is 12.2 Å². The number of halogens is 3. The molecule has 2 rings (SSSR count). The van der Waals surface area contributed by atoms with E-state index in [1.807, 2.05) is 5.32 Å². The molecule has 2 heterocycles. The Morgan fingerprint density at radius 2 is 1.86 bits per heavy atom. The third kappa shape index (κ3) is 4.42. The molecule has 0 bridgehead atoms. The predicted octanol–water partition coefficient (Wildman–Crippen LogP) is 1.30. The number of alkyl halides is 3. The summed E-state index contributed by atoms with van der Waals surface area (Å²) >= 11 is 1.76. The Kier molecular flexibility index (Phi) is 5.23. The molecule has 0 saturated carbocycles. The van der Waals surface area contributed by atoms with Crippen molar-refractivity contribution in [1.29, 1.82) is 0 Å². The monoisotopic (exact) mass is 325 g/mol. The van der Waals surface area contributed by atoms with Crippen molar-refractivity contribution >= 4 is 23.7 Å². The topological polar surface area (TPSA) is 52.7 Å². The maximum Gasteiger partial charge on any atom is 0.405 e. The Morgan fingerprint density at radius 1 is 1.19 bits per heavy atom. The van der Waals surface area contributed by atoms with Gasteiger partial charge in [0.15, 0.2) is 0 Å². The third-order valence-corrected chi connectivity index (χ3v) is 4.50. The van der Waals surface area contributed by atoms with Gasteiger partial charge in [0.2, 0.25) is 5.91 Å². The smallest absolute Gasteiger partial charge is 0.339 e. The fourth-order valence-corrected chi connectivity index (χ4v) is 3.44. The zero-order valence-electron chi connectivity index (χ0n) is 11.5. The predicted molar refractivity (Wildman–Crippen MR) is 73.1 cm³/mol. The summed E-state index contributed by atoms with van der Waals surface area (Å²) in [6.07, 6.45) is -3.29. The van der Waals surface area contributed by atoms with E-state index in [1.54, 1.807) is 16.7 Å². The van der Waals surface area contributed by atoms with Crippen LogP contribution in [0.1, 0.15) is 12.8 Å². The lowest BCUT2D eigenvalue weighted by atomic mass is 10.2. The highest BCUT2D eigenvalue weighted by Crippen LogP contribution is 2.22. The lowest BCUT2D eigenvalue weighted by Crippen LogP contribution is -2.53. The van der Waals surface area contributed by atoms with Crippen molar-refractivity contribution in [1.82, 2.24) is 15.1 Å². The van der Waals surface area contributed by atoms with E-state index in [0.29, 0.717) is 32.5 Å². The van der Waals surface area contributed by atoms with E-state index in [1.165, 1.54) is 4.90 Å². The summed E-state index contributed by atoms with van der Waals surface area (Å²) in [5.41, 5.74) is 0. The second kappa shape index (κ2) is 6.76. The van der Waals surface area contributed by atoms with Gasteiger partial charge in [-0.2, -0.15) is 24.9 Å². The van der Waals surface area contributed by atoms with E-state index < -0.39 is 24.8 Å². The molecule has 0 spiro atoms. The van der Waals surface area contributed by atoms with Gasteiger partial charge in [-0.05, 0) is 12.8 Å². The van der Waals surface area contributed by atoms with Crippen LogP contribution in [-0.4, -0.2) is 71.6 Å². The second-order valence-electron chi connectivity index (χ2n) is 5.06. The minimum atomic E-state index is -4.45. The van der Waals surface area contributed by atoms with E-state index >= 15 is 0 Å². The standard InChI is InChI=1S/C12H18F3N3O2S/c13-12(14,15)8-16-11(20)18-3-1-2-9(18)10(19)17-4-6-21-7-5-17/h9H,1-8H2,(H,16,20)/t9-/m0/s1. The van der Waals surface area contributed by atoms with Crippen LogP contribution < -0.4 is 5.32 Å². The van der Waals surface area contributed by atoms with E-state index in [-0.39, 0.29) is 5.91 Å². The molecule has 5 nitrogen and oxygen atoms in total. The molecule has 1 N–H and O–H groups in total. The first-order chi connectivity index (χ1) is 9.88. The van der Waals surface area contributed by atoms with Crippen molar-refractivity contribution in [3.05, 3.63) is 0 Å². The van der Waals surface area contributed by atoms with Crippen molar-refractivity contribution < 1.29 is 22.8 Å². The molecule has 0 aromatic rings. The normalized spacial score (nSPS) is 23.3. The summed E-state index contributed by atoms with van der Waals surface area (Å²) in [6, 6.07) is -1.43. The highest BCUT2D eigenvalue weighted by atomic mass is 32.2. The lowest BCUT2D eigenvalue weighted by Gasteiger charge is -2.32. The largest absolute Gasteiger partial charge is 0.405 e. The van der Waals surface area contributed by atoms with Gasteiger partial charge in [0.05, 0.1) is 0 Å². The molecule has 0 aromatic carbocycles. The minimum Gasteiger partial charge on any atom is -0.339 e. The first-order valence-electron chi connectivity index (χ1n) is 6.86. The molecule has 2 fully saturated rings. The third-order valence-electron chi connectivity index (χ3n) is 3.56. The van der Waals surface area contributed by atoms with Crippen molar-refractivity contribution in [3.8, 4) is 0 Å². The summed E-state index contributed by atoms with van der Waals surface area (Å²) < 4.78 is 36.4. The molecule has 9 heteroatoms. The van der Waals surface area contributed by atoms with Crippen LogP contribution in [-0.2, 0) is 4.79 Å². The van der Waals surface area contributed by atoms with Crippen molar-refractivity contribution in [2.75, 3.05) is 37.7 Å². The molecule has 0 aliphatic carbocycles. The Balaban J connectivity index is 1.92. The lowest BCUT2D eigenvalue weighted by molar-refractivity contribution is -0.134. The van der Waals surface area contributed by atoms with Crippen LogP contribution in [0.25, 0.3) is 0 Å². The fraction of sp³-hybridized carbons (Fsp3) is 0.833. The fourth-order valence-electron chi connectivity index (χ4n) is 2.54. The first-order valence-corrected chi connectivity index (χ1v) is 8.02. The van der Waals surface area contributed by atoms with Crippen LogP contribution in [0.4, 0.5) is 18.0 Å². The number of carbonyl (C=O) groups is 2. The van der Waals surface area contributed by atoms with Crippen LogP contribution in [0.5, 0.6) is 0 Å². The van der Waals surface area contributed by atoms with Gasteiger partial charge in [0.25, 0.3) is 0 Å². The molecule has 0 radical (unpaired) electrons. The molecule has 3 amide bonds. The molecular weight excluding hydrogens is 307 g/mol. The Morgan fingerprint density at radius 3 is 2.48 bits per heavy atom. The van der Waals surface area contributed by atoms with Crippen LogP contribution in [0, 0.1) is 0 Å². The number of likely N-dealkylation sites (tertiary alicyclic amines) is 1. The number of thioether (sulfide) groups is 1. The molecule has 2 aliphatic rings. The van der Waals surface area contributed by atoms with Crippen LogP contribution in [0.2, 0.25) is 0 Å². The van der Waals surface area contributed by atoms with Gasteiger partial charge < -0.3 is 15.1 Å². The molecule has 0 aromatic heterocycles. The van der Waals surface area contributed by atoms with Crippen LogP contribution >= 0.6 is 11.8 Å². The Bertz CT molecular complexity index is 400.